The van der Waals surface area contributed by atoms with Gasteiger partial charge in [0.15, 0.2) is 5.79 Å². The van der Waals surface area contributed by atoms with Crippen LogP contribution in [0.1, 0.15) is 32.6 Å². The molecule has 1 rings (SSSR count). The predicted octanol–water partition coefficient (Wildman–Crippen LogP) is 1.44. The van der Waals surface area contributed by atoms with Gasteiger partial charge in [0.25, 0.3) is 0 Å². The van der Waals surface area contributed by atoms with Gasteiger partial charge in [-0.25, -0.2) is 0 Å². The van der Waals surface area contributed by atoms with E-state index in [1.54, 1.807) is 7.11 Å². The van der Waals surface area contributed by atoms with E-state index < -0.39 is 11.2 Å². The van der Waals surface area contributed by atoms with E-state index in [-0.39, 0.29) is 6.61 Å². The summed E-state index contributed by atoms with van der Waals surface area (Å²) in [6.45, 7) is 2.46. The lowest BCUT2D eigenvalue weighted by atomic mass is 9.73. The van der Waals surface area contributed by atoms with Crippen molar-refractivity contribution in [3.63, 3.8) is 0 Å². The van der Waals surface area contributed by atoms with Crippen molar-refractivity contribution in [3.8, 4) is 6.07 Å². The Labute approximate surface area is 90.8 Å². The molecule has 0 spiro atoms. The first kappa shape index (κ1) is 12.4. The second kappa shape index (κ2) is 4.93. The molecule has 0 aliphatic heterocycles. The third-order valence-corrected chi connectivity index (χ3v) is 3.29. The maximum atomic E-state index is 9.21. The number of rotatable bonds is 4. The lowest BCUT2D eigenvalue weighted by molar-refractivity contribution is -0.244. The first-order chi connectivity index (χ1) is 7.16. The van der Waals surface area contributed by atoms with Crippen LogP contribution in [0, 0.1) is 16.7 Å². The van der Waals surface area contributed by atoms with Gasteiger partial charge in [-0.2, -0.15) is 5.26 Å². The minimum Gasteiger partial charge on any atom is -0.395 e. The van der Waals surface area contributed by atoms with Gasteiger partial charge in [0.05, 0.1) is 18.1 Å². The maximum absolute atomic E-state index is 9.21. The van der Waals surface area contributed by atoms with E-state index in [2.05, 4.69) is 6.07 Å². The summed E-state index contributed by atoms with van der Waals surface area (Å²) in [5.74, 6) is -0.537. The molecule has 1 saturated carbocycles. The molecule has 0 aromatic carbocycles. The zero-order chi connectivity index (χ0) is 11.4. The van der Waals surface area contributed by atoms with Gasteiger partial charge in [0.1, 0.15) is 0 Å². The third kappa shape index (κ3) is 2.49. The summed E-state index contributed by atoms with van der Waals surface area (Å²) in [6, 6.07) is 2.21. The summed E-state index contributed by atoms with van der Waals surface area (Å²) < 4.78 is 11.0. The lowest BCUT2D eigenvalue weighted by Gasteiger charge is -2.41. The van der Waals surface area contributed by atoms with Crippen LogP contribution in [0.3, 0.4) is 0 Å². The number of ether oxygens (including phenoxy) is 2. The molecular weight excluding hydrogens is 194 g/mol. The molecule has 0 aromatic heterocycles. The van der Waals surface area contributed by atoms with Gasteiger partial charge in [-0.05, 0) is 19.8 Å². The predicted molar refractivity (Wildman–Crippen MR) is 55.0 cm³/mol. The molecule has 86 valence electrons. The molecule has 0 radical (unpaired) electrons. The van der Waals surface area contributed by atoms with Gasteiger partial charge in [-0.1, -0.05) is 0 Å². The second-order valence-corrected chi connectivity index (χ2v) is 4.10. The molecule has 0 bridgehead atoms. The van der Waals surface area contributed by atoms with Crippen LogP contribution in [-0.2, 0) is 9.47 Å². The number of nitrogens with zero attached hydrogens (tertiary/aromatic N) is 1. The van der Waals surface area contributed by atoms with E-state index in [9.17, 15) is 5.11 Å². The molecule has 1 fully saturated rings. The molecule has 4 heteroatoms. The normalized spacial score (nSPS) is 36.1. The molecule has 15 heavy (non-hydrogen) atoms. The maximum Gasteiger partial charge on any atom is 0.167 e. The third-order valence-electron chi connectivity index (χ3n) is 3.29. The Morgan fingerprint density at radius 1 is 1.33 bits per heavy atom. The SMILES string of the molecule is CCOC1(OC)CCC(C#N)(CO)CC1. The second-order valence-electron chi connectivity index (χ2n) is 4.10. The monoisotopic (exact) mass is 213 g/mol. The molecule has 0 unspecified atom stereocenters. The largest absolute Gasteiger partial charge is 0.395 e. The summed E-state index contributed by atoms with van der Waals surface area (Å²) >= 11 is 0. The van der Waals surface area contributed by atoms with Crippen molar-refractivity contribution in [2.45, 2.75) is 38.4 Å². The Balaban J connectivity index is 2.64. The minimum absolute atomic E-state index is 0.0740. The zero-order valence-electron chi connectivity index (χ0n) is 9.45. The van der Waals surface area contributed by atoms with Crippen molar-refractivity contribution < 1.29 is 14.6 Å². The molecule has 1 aliphatic rings. The number of aliphatic hydroxyl groups is 1. The Bertz CT molecular complexity index is 239. The highest BCUT2D eigenvalue weighted by atomic mass is 16.7. The Morgan fingerprint density at radius 2 is 1.93 bits per heavy atom. The first-order valence-electron chi connectivity index (χ1n) is 5.37. The number of hydrogen-bond acceptors (Lipinski definition) is 4. The van der Waals surface area contributed by atoms with Crippen molar-refractivity contribution in [3.05, 3.63) is 0 Å². The van der Waals surface area contributed by atoms with Crippen molar-refractivity contribution in [1.29, 1.82) is 5.26 Å². The molecule has 0 saturated heterocycles. The van der Waals surface area contributed by atoms with Crippen LogP contribution >= 0.6 is 0 Å². The molecule has 0 amide bonds. The lowest BCUT2D eigenvalue weighted by Crippen LogP contribution is -2.43. The quantitative estimate of drug-likeness (QED) is 0.718. The number of aliphatic hydroxyl groups excluding tert-OH is 1. The van der Waals surface area contributed by atoms with Crippen LogP contribution in [0.25, 0.3) is 0 Å². The Hall–Kier alpha value is -0.630. The highest BCUT2D eigenvalue weighted by molar-refractivity contribution is 5.03. The van der Waals surface area contributed by atoms with Gasteiger partial charge >= 0.3 is 0 Å². The molecule has 0 aromatic rings. The van der Waals surface area contributed by atoms with Gasteiger partial charge in [0.2, 0.25) is 0 Å². The summed E-state index contributed by atoms with van der Waals surface area (Å²) in [5.41, 5.74) is -0.584. The van der Waals surface area contributed by atoms with E-state index in [1.165, 1.54) is 0 Å². The van der Waals surface area contributed by atoms with Gasteiger partial charge in [-0.15, -0.1) is 0 Å². The fourth-order valence-corrected chi connectivity index (χ4v) is 2.09. The van der Waals surface area contributed by atoms with E-state index in [4.69, 9.17) is 14.7 Å². The van der Waals surface area contributed by atoms with Crippen LogP contribution in [0.5, 0.6) is 0 Å². The first-order valence-corrected chi connectivity index (χ1v) is 5.37. The molecule has 0 atom stereocenters. The summed E-state index contributed by atoms with van der Waals surface area (Å²) in [5, 5.41) is 18.2. The topological polar surface area (TPSA) is 62.5 Å². The van der Waals surface area contributed by atoms with Gasteiger partial charge in [-0.3, -0.25) is 0 Å². The Kier molecular flexibility index (Phi) is 4.09. The van der Waals surface area contributed by atoms with E-state index in [1.807, 2.05) is 6.92 Å². The fourth-order valence-electron chi connectivity index (χ4n) is 2.09. The van der Waals surface area contributed by atoms with E-state index >= 15 is 0 Å². The minimum atomic E-state index is -0.584. The number of hydrogen-bond donors (Lipinski definition) is 1. The van der Waals surface area contributed by atoms with Crippen molar-refractivity contribution in [1.82, 2.24) is 0 Å². The van der Waals surface area contributed by atoms with Crippen LogP contribution in [0.15, 0.2) is 0 Å². The van der Waals surface area contributed by atoms with Gasteiger partial charge < -0.3 is 14.6 Å². The van der Waals surface area contributed by atoms with Crippen molar-refractivity contribution in [2.24, 2.45) is 5.41 Å². The Morgan fingerprint density at radius 3 is 2.27 bits per heavy atom. The number of nitriles is 1. The molecule has 4 nitrogen and oxygen atoms in total. The van der Waals surface area contributed by atoms with Crippen molar-refractivity contribution in [2.75, 3.05) is 20.3 Å². The van der Waals surface area contributed by atoms with Crippen LogP contribution in [-0.4, -0.2) is 31.2 Å². The molecular formula is C11H19NO3. The highest BCUT2D eigenvalue weighted by Crippen LogP contribution is 2.42. The van der Waals surface area contributed by atoms with E-state index in [0.29, 0.717) is 32.3 Å². The van der Waals surface area contributed by atoms with E-state index in [0.717, 1.165) is 0 Å². The average Bonchev–Trinajstić information content (AvgIpc) is 2.31. The van der Waals surface area contributed by atoms with Crippen LogP contribution < -0.4 is 0 Å². The van der Waals surface area contributed by atoms with Crippen LogP contribution in [0.4, 0.5) is 0 Å². The fraction of sp³-hybridized carbons (Fsp3) is 0.909. The van der Waals surface area contributed by atoms with Crippen molar-refractivity contribution >= 4 is 0 Å². The smallest absolute Gasteiger partial charge is 0.167 e. The summed E-state index contributed by atoms with van der Waals surface area (Å²) in [6.07, 6.45) is 2.61. The molecule has 1 aliphatic carbocycles. The zero-order valence-corrected chi connectivity index (χ0v) is 9.45. The highest BCUT2D eigenvalue weighted by Gasteiger charge is 2.43. The molecule has 0 heterocycles. The average molecular weight is 213 g/mol. The number of methoxy groups -OCH3 is 1. The standard InChI is InChI=1S/C11H19NO3/c1-3-15-11(14-2)6-4-10(8-12,9-13)5-7-11/h13H,3-7,9H2,1-2H3. The summed E-state index contributed by atoms with van der Waals surface area (Å²) in [4.78, 5) is 0. The van der Waals surface area contributed by atoms with Crippen LogP contribution in [0.2, 0.25) is 0 Å². The molecule has 1 N–H and O–H groups in total. The van der Waals surface area contributed by atoms with Gasteiger partial charge in [0, 0.05) is 26.6 Å². The summed E-state index contributed by atoms with van der Waals surface area (Å²) in [7, 11) is 1.63.